The molecular weight excluding hydrogens is 148 g/mol. The van der Waals surface area contributed by atoms with Crippen molar-refractivity contribution in [2.45, 2.75) is 26.7 Å². The van der Waals surface area contributed by atoms with Crippen molar-refractivity contribution < 1.29 is 0 Å². The summed E-state index contributed by atoms with van der Waals surface area (Å²) in [4.78, 5) is 2.33. The van der Waals surface area contributed by atoms with Gasteiger partial charge in [0.25, 0.3) is 0 Å². The molecule has 0 aromatic heterocycles. The molecule has 0 unspecified atom stereocenters. The summed E-state index contributed by atoms with van der Waals surface area (Å²) in [6.45, 7) is 6.45. The van der Waals surface area contributed by atoms with Crippen LogP contribution in [0.1, 0.15) is 26.7 Å². The largest absolute Gasteiger partial charge is 0.305 e. The maximum Gasteiger partial charge on any atom is 0.0656 e. The van der Waals surface area contributed by atoms with E-state index in [1.54, 1.807) is 0 Å². The summed E-state index contributed by atoms with van der Waals surface area (Å²) in [5.41, 5.74) is 0.592. The van der Waals surface area contributed by atoms with E-state index < -0.39 is 0 Å². The van der Waals surface area contributed by atoms with Crippen LogP contribution in [0.5, 0.6) is 0 Å². The molecule has 1 heterocycles. The van der Waals surface area contributed by atoms with Gasteiger partial charge in [-0.1, -0.05) is 13.8 Å². The van der Waals surface area contributed by atoms with Gasteiger partial charge >= 0.3 is 0 Å². The van der Waals surface area contributed by atoms with Gasteiger partial charge in [-0.25, -0.2) is 0 Å². The van der Waals surface area contributed by atoms with Gasteiger partial charge in [0.2, 0.25) is 0 Å². The number of likely N-dealkylation sites (tertiary alicyclic amines) is 1. The molecule has 68 valence electrons. The zero-order chi connectivity index (χ0) is 9.19. The first-order chi connectivity index (χ1) is 5.74. The molecule has 1 saturated heterocycles. The molecule has 1 saturated carbocycles. The minimum atomic E-state index is 0.383. The standard InChI is InChI=1S/C8H12N2.C2H6/c1-10-5-8(6-10)2-7(3-8)4-9;1-2/h7H,2-3,5-6H2,1H3;1-2H3. The summed E-state index contributed by atoms with van der Waals surface area (Å²) in [6, 6.07) is 2.32. The minimum Gasteiger partial charge on any atom is -0.305 e. The van der Waals surface area contributed by atoms with Crippen LogP contribution in [0.3, 0.4) is 0 Å². The summed E-state index contributed by atoms with van der Waals surface area (Å²) < 4.78 is 0. The van der Waals surface area contributed by atoms with Crippen molar-refractivity contribution in [3.05, 3.63) is 0 Å². The lowest BCUT2D eigenvalue weighted by Crippen LogP contribution is -2.60. The highest BCUT2D eigenvalue weighted by Gasteiger charge is 2.50. The van der Waals surface area contributed by atoms with Gasteiger partial charge in [0.15, 0.2) is 0 Å². The van der Waals surface area contributed by atoms with Gasteiger partial charge in [0, 0.05) is 19.0 Å². The van der Waals surface area contributed by atoms with Crippen LogP contribution < -0.4 is 0 Å². The molecule has 2 aliphatic rings. The number of nitrogens with zero attached hydrogens (tertiary/aromatic N) is 2. The zero-order valence-electron chi connectivity index (χ0n) is 8.30. The van der Waals surface area contributed by atoms with Crippen molar-refractivity contribution in [3.8, 4) is 6.07 Å². The van der Waals surface area contributed by atoms with E-state index in [2.05, 4.69) is 18.0 Å². The first kappa shape index (κ1) is 9.54. The highest BCUT2D eigenvalue weighted by molar-refractivity contribution is 5.08. The van der Waals surface area contributed by atoms with E-state index in [4.69, 9.17) is 5.26 Å². The fraction of sp³-hybridized carbons (Fsp3) is 0.900. The Bertz CT molecular complexity index is 179. The van der Waals surface area contributed by atoms with E-state index in [1.807, 2.05) is 13.8 Å². The Morgan fingerprint density at radius 3 is 2.17 bits per heavy atom. The highest BCUT2D eigenvalue weighted by Crippen LogP contribution is 2.50. The van der Waals surface area contributed by atoms with E-state index in [9.17, 15) is 0 Å². The van der Waals surface area contributed by atoms with Crippen molar-refractivity contribution in [1.82, 2.24) is 4.90 Å². The summed E-state index contributed by atoms with van der Waals surface area (Å²) >= 11 is 0. The first-order valence-corrected chi connectivity index (χ1v) is 4.82. The van der Waals surface area contributed by atoms with Crippen LogP contribution in [0.2, 0.25) is 0 Å². The average molecular weight is 166 g/mol. The maximum absolute atomic E-state index is 8.54. The Hall–Kier alpha value is -0.550. The monoisotopic (exact) mass is 166 g/mol. The molecule has 1 spiro atoms. The molecule has 2 nitrogen and oxygen atoms in total. The molecule has 0 bridgehead atoms. The second kappa shape index (κ2) is 3.45. The zero-order valence-corrected chi connectivity index (χ0v) is 8.30. The lowest BCUT2D eigenvalue weighted by atomic mass is 9.58. The van der Waals surface area contributed by atoms with Crippen LogP contribution in [0.15, 0.2) is 0 Å². The predicted octanol–water partition coefficient (Wildman–Crippen LogP) is 1.88. The second-order valence-corrected chi connectivity index (χ2v) is 3.91. The van der Waals surface area contributed by atoms with Gasteiger partial charge in [-0.15, -0.1) is 0 Å². The van der Waals surface area contributed by atoms with Crippen LogP contribution in [-0.2, 0) is 0 Å². The Morgan fingerprint density at radius 2 is 1.83 bits per heavy atom. The fourth-order valence-electron chi connectivity index (χ4n) is 2.43. The highest BCUT2D eigenvalue weighted by atomic mass is 15.2. The Labute approximate surface area is 75.2 Å². The molecule has 0 amide bonds. The smallest absolute Gasteiger partial charge is 0.0656 e. The van der Waals surface area contributed by atoms with Crippen LogP contribution in [0.4, 0.5) is 0 Å². The number of hydrogen-bond acceptors (Lipinski definition) is 2. The molecule has 2 fully saturated rings. The SMILES string of the molecule is CC.CN1CC2(CC(C#N)C2)C1. The topological polar surface area (TPSA) is 27.0 Å². The number of nitriles is 1. The van der Waals surface area contributed by atoms with Crippen molar-refractivity contribution in [1.29, 1.82) is 5.26 Å². The normalized spacial score (nSPS) is 26.2. The van der Waals surface area contributed by atoms with Gasteiger partial charge in [-0.05, 0) is 25.3 Å². The Morgan fingerprint density at radius 1 is 1.33 bits per heavy atom. The molecule has 0 N–H and O–H groups in total. The Kier molecular flexibility index (Phi) is 2.74. The number of hydrogen-bond donors (Lipinski definition) is 0. The predicted molar refractivity (Wildman–Crippen MR) is 49.6 cm³/mol. The van der Waals surface area contributed by atoms with Crippen LogP contribution >= 0.6 is 0 Å². The van der Waals surface area contributed by atoms with E-state index in [-0.39, 0.29) is 0 Å². The molecular formula is C10H18N2. The van der Waals surface area contributed by atoms with E-state index in [0.717, 1.165) is 12.8 Å². The third kappa shape index (κ3) is 1.47. The van der Waals surface area contributed by atoms with Crippen LogP contribution in [-0.4, -0.2) is 25.0 Å². The van der Waals surface area contributed by atoms with Crippen LogP contribution in [0, 0.1) is 22.7 Å². The molecule has 0 aromatic rings. The Balaban J connectivity index is 0.000000336. The lowest BCUT2D eigenvalue weighted by Gasteiger charge is -2.56. The summed E-state index contributed by atoms with van der Waals surface area (Å²) in [5.74, 6) is 0.383. The van der Waals surface area contributed by atoms with Gasteiger partial charge in [-0.2, -0.15) is 5.26 Å². The van der Waals surface area contributed by atoms with Crippen LogP contribution in [0.25, 0.3) is 0 Å². The first-order valence-electron chi connectivity index (χ1n) is 4.82. The third-order valence-corrected chi connectivity index (χ3v) is 2.75. The number of rotatable bonds is 0. The van der Waals surface area contributed by atoms with Crippen molar-refractivity contribution in [3.63, 3.8) is 0 Å². The van der Waals surface area contributed by atoms with E-state index >= 15 is 0 Å². The van der Waals surface area contributed by atoms with Crippen molar-refractivity contribution >= 4 is 0 Å². The minimum absolute atomic E-state index is 0.383. The van der Waals surface area contributed by atoms with Gasteiger partial charge in [0.1, 0.15) is 0 Å². The third-order valence-electron chi connectivity index (χ3n) is 2.75. The fourth-order valence-corrected chi connectivity index (χ4v) is 2.43. The summed E-state index contributed by atoms with van der Waals surface area (Å²) in [5, 5.41) is 8.54. The average Bonchev–Trinajstić information content (AvgIpc) is 1.98. The molecule has 1 aliphatic heterocycles. The quantitative estimate of drug-likeness (QED) is 0.549. The molecule has 0 radical (unpaired) electrons. The van der Waals surface area contributed by atoms with Crippen molar-refractivity contribution in [2.75, 3.05) is 20.1 Å². The summed E-state index contributed by atoms with van der Waals surface area (Å²) in [7, 11) is 2.14. The second-order valence-electron chi connectivity index (χ2n) is 3.91. The van der Waals surface area contributed by atoms with Gasteiger partial charge in [0.05, 0.1) is 6.07 Å². The van der Waals surface area contributed by atoms with E-state index in [0.29, 0.717) is 11.3 Å². The van der Waals surface area contributed by atoms with E-state index in [1.165, 1.54) is 13.1 Å². The van der Waals surface area contributed by atoms with Crippen molar-refractivity contribution in [2.24, 2.45) is 11.3 Å². The molecule has 0 atom stereocenters. The molecule has 1 aliphatic carbocycles. The summed E-state index contributed by atoms with van der Waals surface area (Å²) in [6.07, 6.45) is 2.32. The van der Waals surface area contributed by atoms with Gasteiger partial charge < -0.3 is 4.90 Å². The molecule has 2 heteroatoms. The van der Waals surface area contributed by atoms with Gasteiger partial charge in [-0.3, -0.25) is 0 Å². The molecule has 2 rings (SSSR count). The molecule has 0 aromatic carbocycles. The lowest BCUT2D eigenvalue weighted by molar-refractivity contribution is -0.0656. The molecule has 12 heavy (non-hydrogen) atoms. The maximum atomic E-state index is 8.54.